The molecule has 0 fully saturated rings. The second kappa shape index (κ2) is 4.81. The number of non-ortho nitro benzene ring substituents is 1. The van der Waals surface area contributed by atoms with E-state index in [1.165, 1.54) is 12.1 Å². The SMILES string of the molecule is CC(C)c1cc([N+](=O)[O-])ccc1N.Cl. The molecule has 0 amide bonds. The van der Waals surface area contributed by atoms with Crippen molar-refractivity contribution in [1.82, 2.24) is 0 Å². The first-order chi connectivity index (χ1) is 6.02. The molecule has 1 aromatic rings. The fourth-order valence-electron chi connectivity index (χ4n) is 1.18. The lowest BCUT2D eigenvalue weighted by Gasteiger charge is -2.07. The third-order valence-corrected chi connectivity index (χ3v) is 1.90. The molecule has 14 heavy (non-hydrogen) atoms. The van der Waals surface area contributed by atoms with Crippen LogP contribution in [0.5, 0.6) is 0 Å². The maximum absolute atomic E-state index is 10.5. The number of halogens is 1. The van der Waals surface area contributed by atoms with Crippen LogP contribution < -0.4 is 5.73 Å². The first kappa shape index (κ1) is 12.7. The number of anilines is 1. The van der Waals surface area contributed by atoms with Crippen molar-refractivity contribution in [1.29, 1.82) is 0 Å². The first-order valence-electron chi connectivity index (χ1n) is 4.06. The Balaban J connectivity index is 0.00000169. The molecule has 0 unspecified atom stereocenters. The van der Waals surface area contributed by atoms with Crippen molar-refractivity contribution in [3.8, 4) is 0 Å². The van der Waals surface area contributed by atoms with Gasteiger partial charge in [-0.05, 0) is 17.5 Å². The molecule has 0 atom stereocenters. The van der Waals surface area contributed by atoms with Gasteiger partial charge in [0.15, 0.2) is 0 Å². The van der Waals surface area contributed by atoms with E-state index in [-0.39, 0.29) is 24.0 Å². The molecular formula is C9H13ClN2O2. The maximum Gasteiger partial charge on any atom is 0.269 e. The van der Waals surface area contributed by atoms with Gasteiger partial charge in [0.2, 0.25) is 0 Å². The van der Waals surface area contributed by atoms with Gasteiger partial charge in [-0.25, -0.2) is 0 Å². The lowest BCUT2D eigenvalue weighted by atomic mass is 10.0. The summed E-state index contributed by atoms with van der Waals surface area (Å²) in [6.07, 6.45) is 0. The van der Waals surface area contributed by atoms with Crippen molar-refractivity contribution in [2.45, 2.75) is 19.8 Å². The van der Waals surface area contributed by atoms with Gasteiger partial charge in [0.1, 0.15) is 0 Å². The fourth-order valence-corrected chi connectivity index (χ4v) is 1.18. The molecule has 0 aliphatic carbocycles. The van der Waals surface area contributed by atoms with E-state index < -0.39 is 4.92 Å². The summed E-state index contributed by atoms with van der Waals surface area (Å²) < 4.78 is 0. The Morgan fingerprint density at radius 2 is 2.00 bits per heavy atom. The number of nitrogen functional groups attached to an aromatic ring is 1. The van der Waals surface area contributed by atoms with Gasteiger partial charge < -0.3 is 5.73 Å². The summed E-state index contributed by atoms with van der Waals surface area (Å²) in [5.74, 6) is 0.208. The lowest BCUT2D eigenvalue weighted by Crippen LogP contribution is -1.98. The Morgan fingerprint density at radius 1 is 1.43 bits per heavy atom. The molecule has 0 heterocycles. The average Bonchev–Trinajstić information content (AvgIpc) is 2.04. The number of rotatable bonds is 2. The van der Waals surface area contributed by atoms with E-state index in [2.05, 4.69) is 0 Å². The second-order valence-corrected chi connectivity index (χ2v) is 3.23. The van der Waals surface area contributed by atoms with Crippen LogP contribution in [0.4, 0.5) is 11.4 Å². The minimum atomic E-state index is -0.411. The molecular weight excluding hydrogens is 204 g/mol. The molecule has 0 saturated heterocycles. The number of hydrogen-bond acceptors (Lipinski definition) is 3. The van der Waals surface area contributed by atoms with E-state index in [0.717, 1.165) is 5.56 Å². The number of nitro groups is 1. The van der Waals surface area contributed by atoms with E-state index in [1.54, 1.807) is 6.07 Å². The Labute approximate surface area is 88.7 Å². The number of nitrogens with zero attached hydrogens (tertiary/aromatic N) is 1. The molecule has 0 radical (unpaired) electrons. The molecule has 0 spiro atoms. The van der Waals surface area contributed by atoms with E-state index in [4.69, 9.17) is 5.73 Å². The zero-order chi connectivity index (χ0) is 10.0. The predicted molar refractivity (Wildman–Crippen MR) is 58.8 cm³/mol. The standard InChI is InChI=1S/C9H12N2O2.ClH/c1-6(2)8-5-7(11(12)13)3-4-9(8)10;/h3-6H,10H2,1-2H3;1H. The van der Waals surface area contributed by atoms with Gasteiger partial charge in [-0.2, -0.15) is 0 Å². The molecule has 78 valence electrons. The molecule has 1 rings (SSSR count). The number of nitrogens with two attached hydrogens (primary N) is 1. The largest absolute Gasteiger partial charge is 0.398 e. The summed E-state index contributed by atoms with van der Waals surface area (Å²) in [4.78, 5) is 10.0. The molecule has 1 aromatic carbocycles. The fraction of sp³-hybridized carbons (Fsp3) is 0.333. The summed E-state index contributed by atoms with van der Waals surface area (Å²) in [6, 6.07) is 4.52. The van der Waals surface area contributed by atoms with E-state index >= 15 is 0 Å². The Bertz CT molecular complexity index is 340. The van der Waals surface area contributed by atoms with Gasteiger partial charge in [-0.1, -0.05) is 13.8 Å². The Kier molecular flexibility index (Phi) is 4.37. The Morgan fingerprint density at radius 3 is 2.43 bits per heavy atom. The minimum Gasteiger partial charge on any atom is -0.398 e. The summed E-state index contributed by atoms with van der Waals surface area (Å²) in [6.45, 7) is 3.91. The molecule has 0 aliphatic rings. The van der Waals surface area contributed by atoms with Crippen LogP contribution in [0.3, 0.4) is 0 Å². The van der Waals surface area contributed by atoms with Crippen LogP contribution >= 0.6 is 12.4 Å². The van der Waals surface area contributed by atoms with E-state index in [9.17, 15) is 10.1 Å². The maximum atomic E-state index is 10.5. The van der Waals surface area contributed by atoms with Crippen molar-refractivity contribution in [3.63, 3.8) is 0 Å². The van der Waals surface area contributed by atoms with Gasteiger partial charge in [-0.15, -0.1) is 12.4 Å². The molecule has 0 aromatic heterocycles. The van der Waals surface area contributed by atoms with Gasteiger partial charge >= 0.3 is 0 Å². The zero-order valence-corrected chi connectivity index (χ0v) is 8.88. The van der Waals surface area contributed by atoms with Crippen molar-refractivity contribution in [2.75, 3.05) is 5.73 Å². The second-order valence-electron chi connectivity index (χ2n) is 3.23. The highest BCUT2D eigenvalue weighted by Crippen LogP contribution is 2.25. The van der Waals surface area contributed by atoms with Crippen molar-refractivity contribution in [2.24, 2.45) is 0 Å². The monoisotopic (exact) mass is 216 g/mol. The van der Waals surface area contributed by atoms with Crippen molar-refractivity contribution in [3.05, 3.63) is 33.9 Å². The third kappa shape index (κ3) is 2.60. The molecule has 0 saturated carbocycles. The van der Waals surface area contributed by atoms with Gasteiger partial charge in [0.05, 0.1) is 4.92 Å². The van der Waals surface area contributed by atoms with E-state index in [0.29, 0.717) is 5.69 Å². The van der Waals surface area contributed by atoms with E-state index in [1.807, 2.05) is 13.8 Å². The van der Waals surface area contributed by atoms with Crippen LogP contribution in [-0.2, 0) is 0 Å². The molecule has 0 bridgehead atoms. The third-order valence-electron chi connectivity index (χ3n) is 1.90. The predicted octanol–water partition coefficient (Wildman–Crippen LogP) is 2.72. The summed E-state index contributed by atoms with van der Waals surface area (Å²) in [7, 11) is 0. The molecule has 0 aliphatic heterocycles. The quantitative estimate of drug-likeness (QED) is 0.470. The summed E-state index contributed by atoms with van der Waals surface area (Å²) in [5.41, 5.74) is 7.20. The highest BCUT2D eigenvalue weighted by molar-refractivity contribution is 5.85. The van der Waals surface area contributed by atoms with Crippen LogP contribution in [0.25, 0.3) is 0 Å². The van der Waals surface area contributed by atoms with Crippen LogP contribution in [-0.4, -0.2) is 4.92 Å². The summed E-state index contributed by atoms with van der Waals surface area (Å²) >= 11 is 0. The highest BCUT2D eigenvalue weighted by Gasteiger charge is 2.10. The van der Waals surface area contributed by atoms with Crippen LogP contribution in [0, 0.1) is 10.1 Å². The average molecular weight is 217 g/mol. The normalized spacial score (nSPS) is 9.64. The minimum absolute atomic E-state index is 0. The van der Waals surface area contributed by atoms with Gasteiger partial charge in [0, 0.05) is 17.8 Å². The Hall–Kier alpha value is -1.29. The molecule has 2 N–H and O–H groups in total. The van der Waals surface area contributed by atoms with Gasteiger partial charge in [-0.3, -0.25) is 10.1 Å². The van der Waals surface area contributed by atoms with Crippen molar-refractivity contribution < 1.29 is 4.92 Å². The zero-order valence-electron chi connectivity index (χ0n) is 8.06. The van der Waals surface area contributed by atoms with Crippen LogP contribution in [0.2, 0.25) is 0 Å². The highest BCUT2D eigenvalue weighted by atomic mass is 35.5. The van der Waals surface area contributed by atoms with Crippen molar-refractivity contribution >= 4 is 23.8 Å². The first-order valence-corrected chi connectivity index (χ1v) is 4.06. The molecule has 5 heteroatoms. The smallest absolute Gasteiger partial charge is 0.269 e. The molecule has 4 nitrogen and oxygen atoms in total. The topological polar surface area (TPSA) is 69.2 Å². The number of nitro benzene ring substituents is 1. The number of hydrogen-bond donors (Lipinski definition) is 1. The van der Waals surface area contributed by atoms with Crippen LogP contribution in [0.15, 0.2) is 18.2 Å². The van der Waals surface area contributed by atoms with Gasteiger partial charge in [0.25, 0.3) is 5.69 Å². The summed E-state index contributed by atoms with van der Waals surface area (Å²) in [5, 5.41) is 10.5. The lowest BCUT2D eigenvalue weighted by molar-refractivity contribution is -0.384. The van der Waals surface area contributed by atoms with Crippen LogP contribution in [0.1, 0.15) is 25.3 Å². The number of benzene rings is 1.